The molecule has 3 heteroatoms. The maximum atomic E-state index is 12.1. The Morgan fingerprint density at radius 2 is 2.05 bits per heavy atom. The van der Waals surface area contributed by atoms with Gasteiger partial charge in [0.15, 0.2) is 0 Å². The number of hydrogen-bond acceptors (Lipinski definition) is 2. The van der Waals surface area contributed by atoms with Crippen molar-refractivity contribution in [3.05, 3.63) is 29.3 Å². The van der Waals surface area contributed by atoms with Crippen LogP contribution in [0.5, 0.6) is 0 Å². The molecule has 102 valence electrons. The van der Waals surface area contributed by atoms with Crippen LogP contribution in [0.15, 0.2) is 18.2 Å². The molecule has 1 amide bonds. The number of rotatable bonds is 4. The van der Waals surface area contributed by atoms with Gasteiger partial charge in [0, 0.05) is 17.2 Å². The van der Waals surface area contributed by atoms with E-state index in [1.54, 1.807) is 0 Å². The molecule has 0 fully saturated rings. The number of aliphatic hydroxyl groups is 1. The first-order chi connectivity index (χ1) is 9.12. The molecule has 0 bridgehead atoms. The quantitative estimate of drug-likeness (QED) is 0.817. The van der Waals surface area contributed by atoms with Gasteiger partial charge in [-0.05, 0) is 37.5 Å². The first kappa shape index (κ1) is 15.3. The summed E-state index contributed by atoms with van der Waals surface area (Å²) >= 11 is 0. The van der Waals surface area contributed by atoms with Crippen LogP contribution in [0.3, 0.4) is 0 Å². The van der Waals surface area contributed by atoms with Crippen molar-refractivity contribution in [1.29, 1.82) is 0 Å². The summed E-state index contributed by atoms with van der Waals surface area (Å²) in [5.41, 5.74) is 2.59. The van der Waals surface area contributed by atoms with Gasteiger partial charge in [0.05, 0.1) is 0 Å². The van der Waals surface area contributed by atoms with Crippen LogP contribution >= 0.6 is 0 Å². The van der Waals surface area contributed by atoms with Crippen molar-refractivity contribution in [3.63, 3.8) is 0 Å². The molecule has 1 aromatic rings. The van der Waals surface area contributed by atoms with Gasteiger partial charge in [-0.15, -0.1) is 0 Å². The Balaban J connectivity index is 2.90. The van der Waals surface area contributed by atoms with E-state index in [0.29, 0.717) is 0 Å². The fraction of sp³-hybridized carbons (Fsp3) is 0.438. The number of aliphatic hydroxyl groups excluding tert-OH is 1. The molecule has 3 nitrogen and oxygen atoms in total. The Morgan fingerprint density at radius 1 is 1.37 bits per heavy atom. The number of carbonyl (C=O) groups is 1. The average Bonchev–Trinajstić information content (AvgIpc) is 2.41. The van der Waals surface area contributed by atoms with Crippen LogP contribution in [-0.2, 0) is 4.79 Å². The molecule has 0 saturated heterocycles. The van der Waals surface area contributed by atoms with Gasteiger partial charge in [-0.2, -0.15) is 0 Å². The number of carbonyl (C=O) groups excluding carboxylic acids is 1. The van der Waals surface area contributed by atoms with Gasteiger partial charge in [-0.3, -0.25) is 4.79 Å². The Kier molecular flexibility index (Phi) is 6.11. The standard InChI is InChI=1S/C16H21NO2/c1-4-14(5-2)16(19)17-15-11-13(7-6-10-18)9-8-12(15)3/h8-9,11,14,18H,4-5,10H2,1-3H3,(H,17,19). The van der Waals surface area contributed by atoms with Crippen LogP contribution in [0, 0.1) is 24.7 Å². The molecule has 2 N–H and O–H groups in total. The van der Waals surface area contributed by atoms with Crippen molar-refractivity contribution in [1.82, 2.24) is 0 Å². The van der Waals surface area contributed by atoms with Gasteiger partial charge < -0.3 is 10.4 Å². The molecule has 0 aliphatic heterocycles. The van der Waals surface area contributed by atoms with E-state index in [0.717, 1.165) is 29.7 Å². The van der Waals surface area contributed by atoms with Gasteiger partial charge >= 0.3 is 0 Å². The lowest BCUT2D eigenvalue weighted by molar-refractivity contribution is -0.120. The third-order valence-electron chi connectivity index (χ3n) is 3.16. The first-order valence-electron chi connectivity index (χ1n) is 6.63. The Bertz CT molecular complexity index is 493. The minimum Gasteiger partial charge on any atom is -0.384 e. The second-order valence-corrected chi connectivity index (χ2v) is 4.49. The third kappa shape index (κ3) is 4.42. The van der Waals surface area contributed by atoms with E-state index in [1.165, 1.54) is 0 Å². The van der Waals surface area contributed by atoms with Crippen LogP contribution in [0.2, 0.25) is 0 Å². The van der Waals surface area contributed by atoms with Crippen LogP contribution < -0.4 is 5.32 Å². The molecule has 0 aromatic heterocycles. The molecular weight excluding hydrogens is 238 g/mol. The number of aryl methyl sites for hydroxylation is 1. The molecule has 0 atom stereocenters. The smallest absolute Gasteiger partial charge is 0.227 e. The molecule has 0 heterocycles. The number of amides is 1. The SMILES string of the molecule is CCC(CC)C(=O)Nc1cc(C#CCO)ccc1C. The second kappa shape index (κ2) is 7.60. The molecule has 0 spiro atoms. The van der Waals surface area contributed by atoms with E-state index in [9.17, 15) is 4.79 Å². The molecule has 0 aliphatic carbocycles. The summed E-state index contributed by atoms with van der Waals surface area (Å²) in [7, 11) is 0. The number of anilines is 1. The summed E-state index contributed by atoms with van der Waals surface area (Å²) in [6.07, 6.45) is 1.68. The van der Waals surface area contributed by atoms with E-state index in [2.05, 4.69) is 17.2 Å². The van der Waals surface area contributed by atoms with Gasteiger partial charge in [-0.25, -0.2) is 0 Å². The monoisotopic (exact) mass is 259 g/mol. The molecular formula is C16H21NO2. The maximum absolute atomic E-state index is 12.1. The molecule has 0 saturated carbocycles. The van der Waals surface area contributed by atoms with Crippen molar-refractivity contribution in [2.45, 2.75) is 33.6 Å². The average molecular weight is 259 g/mol. The first-order valence-corrected chi connectivity index (χ1v) is 6.63. The Morgan fingerprint density at radius 3 is 2.63 bits per heavy atom. The predicted octanol–water partition coefficient (Wildman–Crippen LogP) is 2.71. The number of nitrogens with one attached hydrogen (secondary N) is 1. The van der Waals surface area contributed by atoms with E-state index in [1.807, 2.05) is 39.0 Å². The van der Waals surface area contributed by atoms with Crippen LogP contribution in [0.4, 0.5) is 5.69 Å². The van der Waals surface area contributed by atoms with Crippen molar-refractivity contribution in [2.24, 2.45) is 5.92 Å². The molecule has 0 radical (unpaired) electrons. The number of hydrogen-bond donors (Lipinski definition) is 2. The highest BCUT2D eigenvalue weighted by molar-refractivity contribution is 5.93. The largest absolute Gasteiger partial charge is 0.384 e. The molecule has 1 aromatic carbocycles. The third-order valence-corrected chi connectivity index (χ3v) is 3.16. The van der Waals surface area contributed by atoms with Gasteiger partial charge in [0.1, 0.15) is 6.61 Å². The normalized spacial score (nSPS) is 9.95. The molecule has 1 rings (SSSR count). The van der Waals surface area contributed by atoms with Crippen molar-refractivity contribution < 1.29 is 9.90 Å². The highest BCUT2D eigenvalue weighted by atomic mass is 16.2. The van der Waals surface area contributed by atoms with E-state index < -0.39 is 0 Å². The van der Waals surface area contributed by atoms with Crippen molar-refractivity contribution in [3.8, 4) is 11.8 Å². The summed E-state index contributed by atoms with van der Waals surface area (Å²) in [5.74, 6) is 5.55. The highest BCUT2D eigenvalue weighted by Gasteiger charge is 2.14. The maximum Gasteiger partial charge on any atom is 0.227 e. The lowest BCUT2D eigenvalue weighted by Crippen LogP contribution is -2.22. The summed E-state index contributed by atoms with van der Waals surface area (Å²) in [5, 5.41) is 11.6. The number of benzene rings is 1. The second-order valence-electron chi connectivity index (χ2n) is 4.49. The fourth-order valence-electron chi connectivity index (χ4n) is 1.87. The summed E-state index contributed by atoms with van der Waals surface area (Å²) in [6.45, 7) is 5.82. The van der Waals surface area contributed by atoms with Crippen LogP contribution in [-0.4, -0.2) is 17.6 Å². The lowest BCUT2D eigenvalue weighted by Gasteiger charge is -2.14. The zero-order valence-electron chi connectivity index (χ0n) is 11.8. The Hall–Kier alpha value is -1.79. The zero-order valence-corrected chi connectivity index (χ0v) is 11.8. The van der Waals surface area contributed by atoms with Gasteiger partial charge in [-0.1, -0.05) is 31.8 Å². The van der Waals surface area contributed by atoms with Gasteiger partial charge in [0.25, 0.3) is 0 Å². The summed E-state index contributed by atoms with van der Waals surface area (Å²) in [6, 6.07) is 5.65. The minimum atomic E-state index is -0.163. The van der Waals surface area contributed by atoms with Crippen LogP contribution in [0.25, 0.3) is 0 Å². The Labute approximate surface area is 115 Å². The zero-order chi connectivity index (χ0) is 14.3. The van der Waals surface area contributed by atoms with Crippen molar-refractivity contribution >= 4 is 11.6 Å². The fourth-order valence-corrected chi connectivity index (χ4v) is 1.87. The van der Waals surface area contributed by atoms with Crippen LogP contribution in [0.1, 0.15) is 37.8 Å². The highest BCUT2D eigenvalue weighted by Crippen LogP contribution is 2.19. The topological polar surface area (TPSA) is 49.3 Å². The molecule has 0 unspecified atom stereocenters. The summed E-state index contributed by atoms with van der Waals surface area (Å²) < 4.78 is 0. The predicted molar refractivity (Wildman–Crippen MR) is 77.8 cm³/mol. The summed E-state index contributed by atoms with van der Waals surface area (Å²) in [4.78, 5) is 12.1. The van der Waals surface area contributed by atoms with E-state index in [4.69, 9.17) is 5.11 Å². The van der Waals surface area contributed by atoms with E-state index >= 15 is 0 Å². The van der Waals surface area contributed by atoms with Crippen molar-refractivity contribution in [2.75, 3.05) is 11.9 Å². The lowest BCUT2D eigenvalue weighted by atomic mass is 10.0. The minimum absolute atomic E-state index is 0.0478. The van der Waals surface area contributed by atoms with E-state index in [-0.39, 0.29) is 18.4 Å². The van der Waals surface area contributed by atoms with Gasteiger partial charge in [0.2, 0.25) is 5.91 Å². The molecule has 19 heavy (non-hydrogen) atoms. The molecule has 0 aliphatic rings.